The number of carboxylic acid groups (broad SMARTS) is 1. The van der Waals surface area contributed by atoms with Crippen LogP contribution in [0.5, 0.6) is 0 Å². The van der Waals surface area contributed by atoms with Crippen LogP contribution in [0.3, 0.4) is 0 Å². The molecule has 2 aliphatic rings. The van der Waals surface area contributed by atoms with Crippen LogP contribution in [0.4, 0.5) is 0 Å². The lowest BCUT2D eigenvalue weighted by atomic mass is 9.97. The lowest BCUT2D eigenvalue weighted by Gasteiger charge is -2.25. The fraction of sp³-hybridized carbons (Fsp3) is 0.750. The molecular formula is C16H23N3O4. The average Bonchev–Trinajstić information content (AvgIpc) is 3.26. The molecule has 2 fully saturated rings. The number of amides is 1. The monoisotopic (exact) mass is 321 g/mol. The lowest BCUT2D eigenvalue weighted by Crippen LogP contribution is -2.52. The van der Waals surface area contributed by atoms with Crippen molar-refractivity contribution in [2.24, 2.45) is 0 Å². The molecule has 7 nitrogen and oxygen atoms in total. The van der Waals surface area contributed by atoms with Crippen LogP contribution in [0.2, 0.25) is 0 Å². The topological polar surface area (TPSA) is 105 Å². The van der Waals surface area contributed by atoms with Gasteiger partial charge in [-0.1, -0.05) is 30.8 Å². The van der Waals surface area contributed by atoms with Crippen molar-refractivity contribution in [3.63, 3.8) is 0 Å². The van der Waals surface area contributed by atoms with Gasteiger partial charge in [0.05, 0.1) is 0 Å². The number of aliphatic carboxylic acids is 1. The van der Waals surface area contributed by atoms with Gasteiger partial charge in [-0.05, 0) is 25.7 Å². The normalized spacial score (nSPS) is 20.7. The Balaban J connectivity index is 1.51. The van der Waals surface area contributed by atoms with Crippen molar-refractivity contribution in [2.75, 3.05) is 0 Å². The van der Waals surface area contributed by atoms with E-state index in [4.69, 9.17) is 4.52 Å². The van der Waals surface area contributed by atoms with Crippen molar-refractivity contribution in [1.82, 2.24) is 15.5 Å². The minimum Gasteiger partial charge on any atom is -0.480 e. The molecule has 0 radical (unpaired) electrons. The molecule has 0 atom stereocenters. The Morgan fingerprint density at radius 3 is 2.57 bits per heavy atom. The molecule has 1 aromatic heterocycles. The second kappa shape index (κ2) is 6.68. The first-order valence-electron chi connectivity index (χ1n) is 8.46. The van der Waals surface area contributed by atoms with Gasteiger partial charge in [-0.15, -0.1) is 0 Å². The van der Waals surface area contributed by atoms with Crippen molar-refractivity contribution < 1.29 is 19.2 Å². The minimum atomic E-state index is -1.08. The second-order valence-corrected chi connectivity index (χ2v) is 6.67. The predicted octanol–water partition coefficient (Wildman–Crippen LogP) is 2.17. The maximum Gasteiger partial charge on any atom is 0.329 e. The third kappa shape index (κ3) is 3.54. The van der Waals surface area contributed by atoms with Crippen molar-refractivity contribution in [2.45, 2.75) is 75.7 Å². The van der Waals surface area contributed by atoms with E-state index in [1.807, 2.05) is 0 Å². The van der Waals surface area contributed by atoms with Crippen molar-refractivity contribution in [3.05, 3.63) is 11.7 Å². The molecule has 0 spiro atoms. The van der Waals surface area contributed by atoms with Crippen LogP contribution in [0.1, 0.15) is 75.4 Å². The Hall–Kier alpha value is -1.92. The summed E-state index contributed by atoms with van der Waals surface area (Å²) in [6, 6.07) is 0. The first-order valence-corrected chi connectivity index (χ1v) is 8.46. The van der Waals surface area contributed by atoms with Crippen molar-refractivity contribution in [3.8, 4) is 0 Å². The van der Waals surface area contributed by atoms with Crippen LogP contribution in [0.15, 0.2) is 4.52 Å². The highest BCUT2D eigenvalue weighted by molar-refractivity contribution is 5.87. The largest absolute Gasteiger partial charge is 0.480 e. The summed E-state index contributed by atoms with van der Waals surface area (Å²) in [5.74, 6) is 0.378. The summed E-state index contributed by atoms with van der Waals surface area (Å²) >= 11 is 0. The van der Waals surface area contributed by atoms with E-state index in [0.29, 0.717) is 31.1 Å². The molecule has 2 saturated carbocycles. The molecule has 0 saturated heterocycles. The smallest absolute Gasteiger partial charge is 0.329 e. The van der Waals surface area contributed by atoms with E-state index < -0.39 is 11.5 Å². The fourth-order valence-electron chi connectivity index (χ4n) is 3.64. The van der Waals surface area contributed by atoms with Crippen molar-refractivity contribution >= 4 is 11.9 Å². The number of hydrogen-bond donors (Lipinski definition) is 2. The molecule has 1 amide bonds. The van der Waals surface area contributed by atoms with E-state index in [2.05, 4.69) is 15.5 Å². The number of carboxylic acids is 1. The summed E-state index contributed by atoms with van der Waals surface area (Å²) in [7, 11) is 0. The summed E-state index contributed by atoms with van der Waals surface area (Å²) in [5.41, 5.74) is -1.08. The molecule has 2 aliphatic carbocycles. The molecule has 3 rings (SSSR count). The Kier molecular flexibility index (Phi) is 4.63. The molecule has 1 aromatic rings. The van der Waals surface area contributed by atoms with Crippen LogP contribution in [-0.4, -0.2) is 32.7 Å². The van der Waals surface area contributed by atoms with E-state index in [1.165, 1.54) is 12.8 Å². The lowest BCUT2D eigenvalue weighted by molar-refractivity contribution is -0.147. The van der Waals surface area contributed by atoms with Gasteiger partial charge in [0.2, 0.25) is 11.8 Å². The van der Waals surface area contributed by atoms with Gasteiger partial charge >= 0.3 is 5.97 Å². The van der Waals surface area contributed by atoms with E-state index in [0.717, 1.165) is 31.5 Å². The number of carbonyl (C=O) groups excluding carboxylic acids is 1. The summed E-state index contributed by atoms with van der Waals surface area (Å²) in [6.45, 7) is 0. The maximum atomic E-state index is 12.1. The van der Waals surface area contributed by atoms with Gasteiger partial charge in [-0.3, -0.25) is 4.79 Å². The zero-order valence-electron chi connectivity index (χ0n) is 13.2. The van der Waals surface area contributed by atoms with Crippen LogP contribution in [0.25, 0.3) is 0 Å². The molecule has 1 heterocycles. The zero-order valence-corrected chi connectivity index (χ0v) is 13.2. The molecule has 2 N–H and O–H groups in total. The predicted molar refractivity (Wildman–Crippen MR) is 80.8 cm³/mol. The zero-order chi connectivity index (χ0) is 16.3. The summed E-state index contributed by atoms with van der Waals surface area (Å²) < 4.78 is 5.21. The number of nitrogens with zero attached hydrogens (tertiary/aromatic N) is 2. The van der Waals surface area contributed by atoms with E-state index in [1.54, 1.807) is 0 Å². The highest BCUT2D eigenvalue weighted by Crippen LogP contribution is 2.32. The van der Waals surface area contributed by atoms with E-state index in [-0.39, 0.29) is 12.3 Å². The average molecular weight is 321 g/mol. The molecule has 0 aliphatic heterocycles. The fourth-order valence-corrected chi connectivity index (χ4v) is 3.64. The van der Waals surface area contributed by atoms with Gasteiger partial charge in [-0.2, -0.15) is 4.98 Å². The van der Waals surface area contributed by atoms with E-state index >= 15 is 0 Å². The Labute approximate surface area is 134 Å². The van der Waals surface area contributed by atoms with Crippen LogP contribution in [0, 0.1) is 0 Å². The molecule has 23 heavy (non-hydrogen) atoms. The van der Waals surface area contributed by atoms with Gasteiger partial charge in [0.1, 0.15) is 5.54 Å². The third-order valence-electron chi connectivity index (χ3n) is 5.02. The summed E-state index contributed by atoms with van der Waals surface area (Å²) in [5, 5.41) is 16.1. The van der Waals surface area contributed by atoms with Gasteiger partial charge in [0.25, 0.3) is 0 Å². The van der Waals surface area contributed by atoms with Gasteiger partial charge in [-0.25, -0.2) is 4.79 Å². The number of hydrogen-bond acceptors (Lipinski definition) is 5. The number of aryl methyl sites for hydroxylation is 1. The maximum absolute atomic E-state index is 12.1. The molecule has 0 bridgehead atoms. The van der Waals surface area contributed by atoms with Crippen LogP contribution >= 0.6 is 0 Å². The molecule has 0 unspecified atom stereocenters. The number of nitrogens with one attached hydrogen (secondary N) is 1. The SMILES string of the molecule is O=C(CCc1nc(C2CCCC2)no1)NC1(C(=O)O)CCCC1. The van der Waals surface area contributed by atoms with Gasteiger partial charge in [0, 0.05) is 18.8 Å². The first-order chi connectivity index (χ1) is 11.1. The minimum absolute atomic E-state index is 0.168. The molecule has 126 valence electrons. The number of aromatic nitrogens is 2. The van der Waals surface area contributed by atoms with Crippen molar-refractivity contribution in [1.29, 1.82) is 0 Å². The highest BCUT2D eigenvalue weighted by Gasteiger charge is 2.42. The van der Waals surface area contributed by atoms with E-state index in [9.17, 15) is 14.7 Å². The Morgan fingerprint density at radius 1 is 1.22 bits per heavy atom. The molecule has 0 aromatic carbocycles. The van der Waals surface area contributed by atoms with Crippen LogP contribution in [-0.2, 0) is 16.0 Å². The van der Waals surface area contributed by atoms with Gasteiger partial charge in [0.15, 0.2) is 5.82 Å². The highest BCUT2D eigenvalue weighted by atomic mass is 16.5. The standard InChI is InChI=1S/C16H23N3O4/c20-12(18-16(15(21)22)9-3-4-10-16)7-8-13-17-14(19-23-13)11-5-1-2-6-11/h11H,1-10H2,(H,18,20)(H,21,22). The Bertz CT molecular complexity index is 572. The second-order valence-electron chi connectivity index (χ2n) is 6.67. The molecular weight excluding hydrogens is 298 g/mol. The quantitative estimate of drug-likeness (QED) is 0.832. The van der Waals surface area contributed by atoms with Gasteiger partial charge < -0.3 is 14.9 Å². The molecule has 7 heteroatoms. The Morgan fingerprint density at radius 2 is 1.91 bits per heavy atom. The number of carbonyl (C=O) groups is 2. The first kappa shape index (κ1) is 16.0. The summed E-state index contributed by atoms with van der Waals surface area (Å²) in [6.07, 6.45) is 7.79. The summed E-state index contributed by atoms with van der Waals surface area (Å²) in [4.78, 5) is 27.9. The van der Waals surface area contributed by atoms with Crippen LogP contribution < -0.4 is 5.32 Å². The third-order valence-corrected chi connectivity index (χ3v) is 5.02. The number of rotatable bonds is 6.